The summed E-state index contributed by atoms with van der Waals surface area (Å²) in [5.74, 6) is 0.537. The van der Waals surface area contributed by atoms with Gasteiger partial charge in [0.05, 0.1) is 18.8 Å². The fourth-order valence-corrected chi connectivity index (χ4v) is 3.95. The Hall–Kier alpha value is -2.31. The van der Waals surface area contributed by atoms with Crippen LogP contribution < -0.4 is 10.6 Å². The highest BCUT2D eigenvalue weighted by Crippen LogP contribution is 2.44. The zero-order valence-corrected chi connectivity index (χ0v) is 15.9. The molecule has 0 bridgehead atoms. The molecule has 2 aliphatic rings. The van der Waals surface area contributed by atoms with Gasteiger partial charge in [-0.1, -0.05) is 30.7 Å². The number of ether oxygens (including phenoxy) is 1. The number of amides is 2. The lowest BCUT2D eigenvalue weighted by Gasteiger charge is -2.13. The van der Waals surface area contributed by atoms with Gasteiger partial charge in [0.15, 0.2) is 5.76 Å². The quantitative estimate of drug-likeness (QED) is 0.825. The normalized spacial score (nSPS) is 24.2. The number of rotatable bonds is 5. The molecule has 4 atom stereocenters. The first-order valence-electron chi connectivity index (χ1n) is 8.99. The smallest absolute Gasteiger partial charge is 0.286 e. The van der Waals surface area contributed by atoms with E-state index in [9.17, 15) is 9.59 Å². The molecule has 1 aromatic heterocycles. The summed E-state index contributed by atoms with van der Waals surface area (Å²) >= 11 is 6.10. The van der Waals surface area contributed by atoms with Crippen LogP contribution in [0.2, 0.25) is 5.02 Å². The van der Waals surface area contributed by atoms with Crippen molar-refractivity contribution in [3.8, 4) is 0 Å². The van der Waals surface area contributed by atoms with Gasteiger partial charge in [-0.2, -0.15) is 0 Å². The van der Waals surface area contributed by atoms with E-state index in [2.05, 4.69) is 10.6 Å². The van der Waals surface area contributed by atoms with E-state index in [-0.39, 0.29) is 29.5 Å². The van der Waals surface area contributed by atoms with E-state index in [1.165, 1.54) is 13.1 Å². The van der Waals surface area contributed by atoms with Gasteiger partial charge in [-0.3, -0.25) is 9.59 Å². The molecule has 6 nitrogen and oxygen atoms in total. The Kier molecular flexibility index (Phi) is 4.70. The summed E-state index contributed by atoms with van der Waals surface area (Å²) in [7, 11) is 1.52. The number of carbonyl (C=O) groups is 2. The summed E-state index contributed by atoms with van der Waals surface area (Å²) in [6.07, 6.45) is 0. The molecular weight excluding hydrogens is 368 g/mol. The molecule has 2 fully saturated rings. The molecule has 1 saturated carbocycles. The molecule has 0 spiro atoms. The summed E-state index contributed by atoms with van der Waals surface area (Å²) in [6.45, 7) is 3.31. The van der Waals surface area contributed by atoms with Crippen molar-refractivity contribution in [1.82, 2.24) is 10.6 Å². The lowest BCUT2D eigenvalue weighted by Crippen LogP contribution is -2.30. The standard InChI is InChI=1S/C20H21ClN2O4/c1-10(11-4-3-5-12(21)6-11)18-13(7-16(27-18)20(25)22-2)19(24)23-17-14-8-26-9-15(14)17/h3-7,10,14-15,17H,8-9H2,1-2H3,(H,22,25)(H,23,24)/t10-,14-,15+,17+/m0/s1. The summed E-state index contributed by atoms with van der Waals surface area (Å²) in [5.41, 5.74) is 1.29. The minimum Gasteiger partial charge on any atom is -0.454 e. The van der Waals surface area contributed by atoms with Gasteiger partial charge in [-0.25, -0.2) is 0 Å². The van der Waals surface area contributed by atoms with Gasteiger partial charge in [0, 0.05) is 41.9 Å². The first-order chi connectivity index (χ1) is 13.0. The lowest BCUT2D eigenvalue weighted by atomic mass is 9.96. The van der Waals surface area contributed by atoms with Crippen molar-refractivity contribution in [3.05, 3.63) is 58.0 Å². The van der Waals surface area contributed by atoms with Gasteiger partial charge >= 0.3 is 0 Å². The average Bonchev–Trinajstić information content (AvgIpc) is 3.07. The maximum atomic E-state index is 12.9. The van der Waals surface area contributed by atoms with Crippen molar-refractivity contribution in [1.29, 1.82) is 0 Å². The Morgan fingerprint density at radius 1 is 1.19 bits per heavy atom. The molecule has 2 amide bonds. The third-order valence-corrected chi connectivity index (χ3v) is 5.68. The lowest BCUT2D eigenvalue weighted by molar-refractivity contribution is 0.0919. The molecule has 1 aromatic carbocycles. The first-order valence-corrected chi connectivity index (χ1v) is 9.37. The monoisotopic (exact) mass is 388 g/mol. The zero-order valence-electron chi connectivity index (χ0n) is 15.1. The van der Waals surface area contributed by atoms with Crippen LogP contribution in [-0.2, 0) is 4.74 Å². The van der Waals surface area contributed by atoms with Crippen molar-refractivity contribution in [2.24, 2.45) is 11.8 Å². The molecule has 1 aliphatic carbocycles. The molecule has 7 heteroatoms. The van der Waals surface area contributed by atoms with Gasteiger partial charge in [0.2, 0.25) is 0 Å². The number of halogens is 1. The van der Waals surface area contributed by atoms with Crippen LogP contribution in [0.1, 0.15) is 45.1 Å². The number of hydrogen-bond donors (Lipinski definition) is 2. The van der Waals surface area contributed by atoms with Crippen LogP contribution in [0.3, 0.4) is 0 Å². The second kappa shape index (κ2) is 7.02. The van der Waals surface area contributed by atoms with Crippen LogP contribution in [0.4, 0.5) is 0 Å². The van der Waals surface area contributed by atoms with E-state index in [4.69, 9.17) is 20.8 Å². The molecular formula is C20H21ClN2O4. The van der Waals surface area contributed by atoms with Crippen molar-refractivity contribution in [3.63, 3.8) is 0 Å². The van der Waals surface area contributed by atoms with E-state index in [1.807, 2.05) is 25.1 Å². The maximum Gasteiger partial charge on any atom is 0.286 e. The van der Waals surface area contributed by atoms with Crippen molar-refractivity contribution in [2.75, 3.05) is 20.3 Å². The molecule has 1 saturated heterocycles. The van der Waals surface area contributed by atoms with E-state index in [0.29, 0.717) is 41.4 Å². The number of furan rings is 1. The van der Waals surface area contributed by atoms with Gasteiger partial charge in [0.1, 0.15) is 5.76 Å². The highest BCUT2D eigenvalue weighted by atomic mass is 35.5. The van der Waals surface area contributed by atoms with E-state index in [0.717, 1.165) is 5.56 Å². The molecule has 0 unspecified atom stereocenters. The van der Waals surface area contributed by atoms with Crippen molar-refractivity contribution < 1.29 is 18.7 Å². The third kappa shape index (κ3) is 3.35. The first kappa shape index (κ1) is 18.1. The average molecular weight is 389 g/mol. The van der Waals surface area contributed by atoms with Gasteiger partial charge in [0.25, 0.3) is 11.8 Å². The fourth-order valence-electron chi connectivity index (χ4n) is 3.75. The molecule has 0 radical (unpaired) electrons. The highest BCUT2D eigenvalue weighted by Gasteiger charge is 2.55. The SMILES string of the molecule is CNC(=O)c1cc(C(=O)N[C@H]2[C@@H]3COC[C@@H]32)c([C@@H](C)c2cccc(Cl)c2)o1. The Balaban J connectivity index is 1.63. The molecule has 27 heavy (non-hydrogen) atoms. The summed E-state index contributed by atoms with van der Waals surface area (Å²) in [6, 6.07) is 9.04. The molecule has 2 heterocycles. The minimum absolute atomic E-state index is 0.117. The highest BCUT2D eigenvalue weighted by molar-refractivity contribution is 6.30. The summed E-state index contributed by atoms with van der Waals surface area (Å²) < 4.78 is 11.2. The third-order valence-electron chi connectivity index (χ3n) is 5.45. The molecule has 4 rings (SSSR count). The number of carbonyl (C=O) groups excluding carboxylic acids is 2. The predicted molar refractivity (Wildman–Crippen MR) is 100 cm³/mol. The van der Waals surface area contributed by atoms with Crippen molar-refractivity contribution in [2.45, 2.75) is 18.9 Å². The van der Waals surface area contributed by atoms with E-state index < -0.39 is 0 Å². The Bertz CT molecular complexity index is 884. The van der Waals surface area contributed by atoms with Gasteiger partial charge in [-0.05, 0) is 17.7 Å². The molecule has 2 aromatic rings. The number of fused-ring (bicyclic) bond motifs is 1. The second-order valence-electron chi connectivity index (χ2n) is 7.11. The minimum atomic E-state index is -0.370. The van der Waals surface area contributed by atoms with Gasteiger partial charge < -0.3 is 19.8 Å². The zero-order chi connectivity index (χ0) is 19.1. The number of nitrogens with one attached hydrogen (secondary N) is 2. The van der Waals surface area contributed by atoms with Crippen LogP contribution in [0, 0.1) is 11.8 Å². The van der Waals surface area contributed by atoms with Crippen LogP contribution >= 0.6 is 11.6 Å². The van der Waals surface area contributed by atoms with E-state index >= 15 is 0 Å². The van der Waals surface area contributed by atoms with Crippen LogP contribution in [-0.4, -0.2) is 38.1 Å². The molecule has 2 N–H and O–H groups in total. The van der Waals surface area contributed by atoms with Crippen molar-refractivity contribution >= 4 is 23.4 Å². The largest absolute Gasteiger partial charge is 0.454 e. The number of benzene rings is 1. The Morgan fingerprint density at radius 3 is 2.59 bits per heavy atom. The topological polar surface area (TPSA) is 80.6 Å². The maximum absolute atomic E-state index is 12.9. The summed E-state index contributed by atoms with van der Waals surface area (Å²) in [4.78, 5) is 24.9. The van der Waals surface area contributed by atoms with Crippen LogP contribution in [0.15, 0.2) is 34.7 Å². The molecule has 1 aliphatic heterocycles. The number of hydrogen-bond acceptors (Lipinski definition) is 4. The van der Waals surface area contributed by atoms with Crippen LogP contribution in [0.5, 0.6) is 0 Å². The Labute approximate surface area is 162 Å². The fraction of sp³-hybridized carbons (Fsp3) is 0.400. The van der Waals surface area contributed by atoms with Crippen LogP contribution in [0.25, 0.3) is 0 Å². The Morgan fingerprint density at radius 2 is 1.93 bits per heavy atom. The van der Waals surface area contributed by atoms with Gasteiger partial charge in [-0.15, -0.1) is 0 Å². The molecule has 142 valence electrons. The summed E-state index contributed by atoms with van der Waals surface area (Å²) in [5, 5.41) is 6.20. The second-order valence-corrected chi connectivity index (χ2v) is 7.55. The van der Waals surface area contributed by atoms with E-state index in [1.54, 1.807) is 6.07 Å². The predicted octanol–water partition coefficient (Wildman–Crippen LogP) is 2.82.